The molecule has 2 aliphatic rings. The summed E-state index contributed by atoms with van der Waals surface area (Å²) in [5.41, 5.74) is 3.17. The van der Waals surface area contributed by atoms with Crippen LogP contribution in [0.4, 0.5) is 0 Å². The Hall–Kier alpha value is -2.79. The van der Waals surface area contributed by atoms with Crippen LogP contribution in [0.3, 0.4) is 0 Å². The first-order chi connectivity index (χ1) is 12.8. The van der Waals surface area contributed by atoms with Crippen molar-refractivity contribution in [2.24, 2.45) is 0 Å². The molecule has 5 nitrogen and oxygen atoms in total. The van der Waals surface area contributed by atoms with Crippen molar-refractivity contribution in [1.82, 2.24) is 4.90 Å². The molecule has 0 aliphatic carbocycles. The van der Waals surface area contributed by atoms with E-state index in [1.807, 2.05) is 59.5 Å². The quantitative estimate of drug-likeness (QED) is 0.746. The van der Waals surface area contributed by atoms with Gasteiger partial charge >= 0.3 is 0 Å². The second-order valence-corrected chi connectivity index (χ2v) is 6.33. The summed E-state index contributed by atoms with van der Waals surface area (Å²) in [6.07, 6.45) is 3.35. The van der Waals surface area contributed by atoms with Crippen LogP contribution in [-0.4, -0.2) is 30.8 Å². The highest BCUT2D eigenvalue weighted by atomic mass is 16.7. The predicted molar refractivity (Wildman–Crippen MR) is 97.6 cm³/mol. The summed E-state index contributed by atoms with van der Waals surface area (Å²) in [6, 6.07) is 15.9. The minimum Gasteiger partial charge on any atom is -0.454 e. The Morgan fingerprint density at radius 2 is 1.88 bits per heavy atom. The van der Waals surface area contributed by atoms with Crippen molar-refractivity contribution in [2.75, 3.05) is 19.9 Å². The third-order valence-electron chi connectivity index (χ3n) is 4.54. The monoisotopic (exact) mass is 351 g/mol. The molecule has 1 fully saturated rings. The summed E-state index contributed by atoms with van der Waals surface area (Å²) < 4.78 is 16.5. The summed E-state index contributed by atoms with van der Waals surface area (Å²) in [6.45, 7) is 1.91. The Labute approximate surface area is 152 Å². The summed E-state index contributed by atoms with van der Waals surface area (Å²) >= 11 is 0. The predicted octanol–water partition coefficient (Wildman–Crippen LogP) is 3.60. The van der Waals surface area contributed by atoms with Gasteiger partial charge in [-0.25, -0.2) is 0 Å². The van der Waals surface area contributed by atoms with Crippen molar-refractivity contribution in [3.63, 3.8) is 0 Å². The van der Waals surface area contributed by atoms with E-state index in [1.165, 1.54) is 0 Å². The average molecular weight is 351 g/mol. The second-order valence-electron chi connectivity index (χ2n) is 6.33. The van der Waals surface area contributed by atoms with Crippen LogP contribution in [0.25, 0.3) is 6.08 Å². The Kier molecular flexibility index (Phi) is 4.88. The molecule has 0 atom stereocenters. The summed E-state index contributed by atoms with van der Waals surface area (Å²) in [5, 5.41) is 0. The van der Waals surface area contributed by atoms with E-state index in [0.717, 1.165) is 34.7 Å². The van der Waals surface area contributed by atoms with E-state index in [0.29, 0.717) is 26.2 Å². The van der Waals surface area contributed by atoms with E-state index in [9.17, 15) is 4.79 Å². The number of allylic oxidation sites excluding steroid dienone is 1. The second kappa shape index (κ2) is 7.62. The van der Waals surface area contributed by atoms with Gasteiger partial charge in [0.25, 0.3) is 0 Å². The van der Waals surface area contributed by atoms with Crippen LogP contribution in [0.2, 0.25) is 0 Å². The highest BCUT2D eigenvalue weighted by Gasteiger charge is 2.25. The maximum Gasteiger partial charge on any atom is 0.231 e. The molecule has 0 bridgehead atoms. The maximum absolute atomic E-state index is 12.2. The number of benzene rings is 2. The molecule has 0 unspecified atom stereocenters. The molecule has 4 rings (SSSR count). The van der Waals surface area contributed by atoms with Crippen molar-refractivity contribution < 1.29 is 19.0 Å². The van der Waals surface area contributed by atoms with Crippen LogP contribution in [0.5, 0.6) is 11.5 Å². The van der Waals surface area contributed by atoms with Crippen molar-refractivity contribution in [3.05, 3.63) is 65.4 Å². The summed E-state index contributed by atoms with van der Waals surface area (Å²) in [5.74, 6) is 1.67. The maximum atomic E-state index is 12.2. The number of rotatable bonds is 6. The van der Waals surface area contributed by atoms with Crippen LogP contribution >= 0.6 is 0 Å². The van der Waals surface area contributed by atoms with Crippen LogP contribution in [0.1, 0.15) is 24.0 Å². The lowest BCUT2D eigenvalue weighted by Gasteiger charge is -2.18. The Balaban J connectivity index is 1.37. The molecule has 0 saturated carbocycles. The smallest absolute Gasteiger partial charge is 0.231 e. The lowest BCUT2D eigenvalue weighted by atomic mass is 10.1. The molecule has 1 saturated heterocycles. The van der Waals surface area contributed by atoms with E-state index < -0.39 is 0 Å². The minimum atomic E-state index is 0.153. The Morgan fingerprint density at radius 3 is 2.77 bits per heavy atom. The third-order valence-corrected chi connectivity index (χ3v) is 4.54. The number of nitrogens with zero attached hydrogens (tertiary/aromatic N) is 1. The first-order valence-electron chi connectivity index (χ1n) is 8.82. The zero-order valence-electron chi connectivity index (χ0n) is 14.5. The molecule has 2 aromatic carbocycles. The van der Waals surface area contributed by atoms with Gasteiger partial charge < -0.3 is 19.1 Å². The Bertz CT molecular complexity index is 816. The first-order valence-corrected chi connectivity index (χ1v) is 8.82. The molecule has 0 radical (unpaired) electrons. The van der Waals surface area contributed by atoms with Crippen LogP contribution in [0.15, 0.2) is 54.2 Å². The number of likely N-dealkylation sites (tertiary alicyclic amines) is 1. The number of amides is 1. The van der Waals surface area contributed by atoms with E-state index in [1.54, 1.807) is 0 Å². The highest BCUT2D eigenvalue weighted by Crippen LogP contribution is 2.34. The normalized spacial score (nSPS) is 17.3. The van der Waals surface area contributed by atoms with E-state index in [-0.39, 0.29) is 12.7 Å². The fraction of sp³-hybridized carbons (Fsp3) is 0.286. The molecule has 0 aromatic heterocycles. The van der Waals surface area contributed by atoms with Gasteiger partial charge in [0.05, 0.1) is 13.2 Å². The minimum absolute atomic E-state index is 0.153. The number of hydrogen-bond donors (Lipinski definition) is 0. The average Bonchev–Trinajstić information content (AvgIpc) is 3.27. The van der Waals surface area contributed by atoms with Gasteiger partial charge in [0.1, 0.15) is 0 Å². The lowest BCUT2D eigenvalue weighted by molar-refractivity contribution is -0.127. The molecule has 2 aromatic rings. The van der Waals surface area contributed by atoms with Crippen LogP contribution < -0.4 is 9.47 Å². The number of hydrogen-bond acceptors (Lipinski definition) is 4. The van der Waals surface area contributed by atoms with E-state index >= 15 is 0 Å². The fourth-order valence-electron chi connectivity index (χ4n) is 3.20. The molecule has 26 heavy (non-hydrogen) atoms. The van der Waals surface area contributed by atoms with Crippen LogP contribution in [-0.2, 0) is 16.1 Å². The summed E-state index contributed by atoms with van der Waals surface area (Å²) in [7, 11) is 0. The van der Waals surface area contributed by atoms with Crippen molar-refractivity contribution in [2.45, 2.75) is 19.4 Å². The van der Waals surface area contributed by atoms with E-state index in [4.69, 9.17) is 14.2 Å². The topological polar surface area (TPSA) is 48.0 Å². The first kappa shape index (κ1) is 16.7. The van der Waals surface area contributed by atoms with Gasteiger partial charge in [-0.05, 0) is 35.8 Å². The van der Waals surface area contributed by atoms with Gasteiger partial charge in [0.15, 0.2) is 11.5 Å². The standard InChI is InChI=1S/C21H21NO4/c23-21-9-7-18(12-17-6-8-19-20(13-17)26-15-25-19)22(21)10-11-24-14-16-4-2-1-3-5-16/h1-6,8,12-13H,7,9-11,14-15H2/b18-12-. The highest BCUT2D eigenvalue weighted by molar-refractivity contribution is 5.83. The number of ether oxygens (including phenoxy) is 3. The van der Waals surface area contributed by atoms with Gasteiger partial charge in [-0.2, -0.15) is 0 Å². The van der Waals surface area contributed by atoms with E-state index in [2.05, 4.69) is 0 Å². The third kappa shape index (κ3) is 3.73. The van der Waals surface area contributed by atoms with Gasteiger partial charge in [0.2, 0.25) is 12.7 Å². The van der Waals surface area contributed by atoms with Crippen LogP contribution in [0, 0.1) is 0 Å². The van der Waals surface area contributed by atoms with Crippen molar-refractivity contribution in [3.8, 4) is 11.5 Å². The van der Waals surface area contributed by atoms with Gasteiger partial charge in [-0.3, -0.25) is 4.79 Å². The Morgan fingerprint density at radius 1 is 1.04 bits per heavy atom. The molecule has 134 valence electrons. The molecular formula is C21H21NO4. The molecule has 0 N–H and O–H groups in total. The molecule has 2 heterocycles. The SMILES string of the molecule is O=C1CC/C(=C/c2ccc3c(c2)OCO3)N1CCOCc1ccccc1. The molecule has 2 aliphatic heterocycles. The largest absolute Gasteiger partial charge is 0.454 e. The summed E-state index contributed by atoms with van der Waals surface area (Å²) in [4.78, 5) is 14.0. The number of fused-ring (bicyclic) bond motifs is 1. The molecule has 0 spiro atoms. The fourth-order valence-corrected chi connectivity index (χ4v) is 3.20. The van der Waals surface area contributed by atoms with Gasteiger partial charge in [0, 0.05) is 18.7 Å². The van der Waals surface area contributed by atoms with Gasteiger partial charge in [-0.15, -0.1) is 0 Å². The van der Waals surface area contributed by atoms with Crippen molar-refractivity contribution >= 4 is 12.0 Å². The number of carbonyl (C=O) groups is 1. The zero-order valence-corrected chi connectivity index (χ0v) is 14.5. The molecule has 1 amide bonds. The van der Waals surface area contributed by atoms with Crippen molar-refractivity contribution in [1.29, 1.82) is 0 Å². The number of carbonyl (C=O) groups excluding carboxylic acids is 1. The zero-order chi connectivity index (χ0) is 17.8. The molecular weight excluding hydrogens is 330 g/mol. The molecule has 5 heteroatoms. The van der Waals surface area contributed by atoms with Gasteiger partial charge in [-0.1, -0.05) is 36.4 Å². The lowest BCUT2D eigenvalue weighted by Crippen LogP contribution is -2.27.